The molecule has 0 unspecified atom stereocenters. The summed E-state index contributed by atoms with van der Waals surface area (Å²) in [6.07, 6.45) is 0.441. The summed E-state index contributed by atoms with van der Waals surface area (Å²) in [6, 6.07) is 4.79. The molecule has 0 aliphatic rings. The van der Waals surface area contributed by atoms with Gasteiger partial charge >= 0.3 is 5.97 Å². The monoisotopic (exact) mass is 399 g/mol. The van der Waals surface area contributed by atoms with E-state index in [0.717, 1.165) is 11.3 Å². The second-order valence-electron chi connectivity index (χ2n) is 4.10. The number of nitrogens with zero attached hydrogens (tertiary/aromatic N) is 2. The maximum absolute atomic E-state index is 11.2. The van der Waals surface area contributed by atoms with Crippen molar-refractivity contribution in [3.8, 4) is 5.75 Å². The van der Waals surface area contributed by atoms with Gasteiger partial charge in [0.1, 0.15) is 18.1 Å². The van der Waals surface area contributed by atoms with Crippen LogP contribution < -0.4 is 5.32 Å². The molecule has 2 aromatic rings. The Kier molecular flexibility index (Phi) is 5.66. The molecule has 0 aliphatic heterocycles. The molecule has 0 saturated heterocycles. The molecular weight excluding hydrogens is 390 g/mol. The van der Waals surface area contributed by atoms with Crippen LogP contribution in [-0.4, -0.2) is 33.3 Å². The summed E-state index contributed by atoms with van der Waals surface area (Å²) in [5.41, 5.74) is 0.299. The Labute approximate surface area is 142 Å². The Hall–Kier alpha value is -2.46. The summed E-state index contributed by atoms with van der Waals surface area (Å²) in [5, 5.41) is 26.3. The molecule has 0 fully saturated rings. The molecule has 0 saturated carbocycles. The smallest absolute Gasteiger partial charge is 0.360 e. The van der Waals surface area contributed by atoms with E-state index in [9.17, 15) is 14.7 Å². The molecule has 0 radical (unpaired) electrons. The van der Waals surface area contributed by atoms with Gasteiger partial charge in [0, 0.05) is 5.38 Å². The van der Waals surface area contributed by atoms with E-state index in [4.69, 9.17) is 9.94 Å². The van der Waals surface area contributed by atoms with Crippen molar-refractivity contribution in [3.05, 3.63) is 39.3 Å². The summed E-state index contributed by atoms with van der Waals surface area (Å²) in [6.45, 7) is -0.0266. The van der Waals surface area contributed by atoms with Gasteiger partial charge in [0.15, 0.2) is 5.13 Å². The maximum Gasteiger partial charge on any atom is 0.360 e. The fraction of sp³-hybridized carbons (Fsp3) is 0.0769. The van der Waals surface area contributed by atoms with Crippen molar-refractivity contribution in [1.82, 2.24) is 4.98 Å². The van der Waals surface area contributed by atoms with Crippen molar-refractivity contribution in [3.63, 3.8) is 0 Å². The lowest BCUT2D eigenvalue weighted by atomic mass is 10.2. The summed E-state index contributed by atoms with van der Waals surface area (Å²) in [7, 11) is 0. The van der Waals surface area contributed by atoms with Gasteiger partial charge in [0.25, 0.3) is 0 Å². The average Bonchev–Trinajstić information content (AvgIpc) is 2.95. The van der Waals surface area contributed by atoms with Crippen LogP contribution in [0.5, 0.6) is 5.75 Å². The third kappa shape index (κ3) is 4.50. The number of hydrogen-bond acceptors (Lipinski definition) is 7. The molecule has 1 aromatic carbocycles. The number of anilines is 1. The molecule has 0 aliphatic carbocycles. The number of aromatic nitrogens is 1. The molecule has 3 N–H and O–H groups in total. The van der Waals surface area contributed by atoms with Crippen LogP contribution in [0.1, 0.15) is 11.3 Å². The lowest BCUT2D eigenvalue weighted by molar-refractivity contribution is -0.129. The molecule has 0 spiro atoms. The first-order valence-corrected chi connectivity index (χ1v) is 7.75. The van der Waals surface area contributed by atoms with E-state index in [2.05, 4.69) is 31.4 Å². The zero-order valence-electron chi connectivity index (χ0n) is 11.4. The number of carboxylic acid groups (broad SMARTS) is 1. The van der Waals surface area contributed by atoms with E-state index in [1.807, 2.05) is 0 Å². The van der Waals surface area contributed by atoms with E-state index >= 15 is 0 Å². The summed E-state index contributed by atoms with van der Waals surface area (Å²) >= 11 is 4.21. The molecule has 23 heavy (non-hydrogen) atoms. The number of thiazole rings is 1. The summed E-state index contributed by atoms with van der Waals surface area (Å²) < 4.78 is 0.536. The maximum atomic E-state index is 11.2. The van der Waals surface area contributed by atoms with Crippen LogP contribution in [0.15, 0.2) is 33.2 Å². The summed E-state index contributed by atoms with van der Waals surface area (Å²) in [4.78, 5) is 30.5. The number of nitrogens with one attached hydrogen (secondary N) is 1. The largest absolute Gasteiger partial charge is 0.507 e. The Bertz CT molecular complexity index is 762. The second kappa shape index (κ2) is 7.70. The van der Waals surface area contributed by atoms with Gasteiger partial charge in [-0.3, -0.25) is 4.79 Å². The van der Waals surface area contributed by atoms with Crippen LogP contribution in [0.4, 0.5) is 5.13 Å². The number of carbonyl (C=O) groups is 2. The molecule has 0 atom stereocenters. The van der Waals surface area contributed by atoms with E-state index in [0.29, 0.717) is 16.4 Å². The SMILES string of the molecule is O=CNc1nc(/C(=N/OCc2ccc(Br)c(O)c2)C(=O)O)cs1. The Morgan fingerprint density at radius 1 is 1.52 bits per heavy atom. The van der Waals surface area contributed by atoms with Gasteiger partial charge in [-0.05, 0) is 33.6 Å². The highest BCUT2D eigenvalue weighted by molar-refractivity contribution is 9.10. The van der Waals surface area contributed by atoms with E-state index < -0.39 is 5.97 Å². The number of aliphatic carboxylic acids is 1. The fourth-order valence-corrected chi connectivity index (χ4v) is 2.42. The lowest BCUT2D eigenvalue weighted by Crippen LogP contribution is -2.15. The number of aromatic hydroxyl groups is 1. The quantitative estimate of drug-likeness (QED) is 0.372. The Morgan fingerprint density at radius 2 is 2.30 bits per heavy atom. The van der Waals surface area contributed by atoms with E-state index in [-0.39, 0.29) is 28.9 Å². The summed E-state index contributed by atoms with van der Waals surface area (Å²) in [5.74, 6) is -1.27. The molecule has 1 heterocycles. The molecule has 10 heteroatoms. The average molecular weight is 400 g/mol. The van der Waals surface area contributed by atoms with E-state index in [1.165, 1.54) is 11.4 Å². The number of benzene rings is 1. The normalized spacial score (nSPS) is 11.1. The van der Waals surface area contributed by atoms with Gasteiger partial charge in [-0.1, -0.05) is 11.2 Å². The van der Waals surface area contributed by atoms with Crippen molar-refractivity contribution >= 4 is 50.5 Å². The third-order valence-electron chi connectivity index (χ3n) is 2.53. The fourth-order valence-electron chi connectivity index (χ4n) is 1.51. The molecule has 8 nitrogen and oxygen atoms in total. The number of phenols is 1. The number of hydrogen-bond donors (Lipinski definition) is 3. The third-order valence-corrected chi connectivity index (χ3v) is 3.97. The minimum Gasteiger partial charge on any atom is -0.507 e. The molecule has 1 amide bonds. The van der Waals surface area contributed by atoms with Crippen LogP contribution in [0, 0.1) is 0 Å². The van der Waals surface area contributed by atoms with Crippen LogP contribution in [0.2, 0.25) is 0 Å². The molecule has 1 aromatic heterocycles. The number of halogens is 1. The topological polar surface area (TPSA) is 121 Å². The Morgan fingerprint density at radius 3 is 2.96 bits per heavy atom. The Balaban J connectivity index is 2.10. The van der Waals surface area contributed by atoms with Crippen LogP contribution in [0.25, 0.3) is 0 Å². The van der Waals surface area contributed by atoms with Crippen LogP contribution in [-0.2, 0) is 21.0 Å². The zero-order chi connectivity index (χ0) is 16.8. The molecule has 120 valence electrons. The first kappa shape index (κ1) is 16.9. The highest BCUT2D eigenvalue weighted by atomic mass is 79.9. The predicted octanol–water partition coefficient (Wildman–Crippen LogP) is 2.18. The van der Waals surface area contributed by atoms with Gasteiger partial charge in [-0.2, -0.15) is 0 Å². The number of carboxylic acids is 1. The highest BCUT2D eigenvalue weighted by Crippen LogP contribution is 2.24. The number of phenolic OH excluding ortho intramolecular Hbond substituents is 1. The first-order valence-electron chi connectivity index (χ1n) is 6.08. The molecular formula is C13H10BrN3O5S. The van der Waals surface area contributed by atoms with Crippen molar-refractivity contribution < 1.29 is 24.6 Å². The van der Waals surface area contributed by atoms with E-state index in [1.54, 1.807) is 12.1 Å². The minimum absolute atomic E-state index is 0.0266. The second-order valence-corrected chi connectivity index (χ2v) is 5.82. The van der Waals surface area contributed by atoms with Gasteiger partial charge in [0.2, 0.25) is 12.1 Å². The number of carbonyl (C=O) groups excluding carboxylic acids is 1. The number of amides is 1. The van der Waals surface area contributed by atoms with Crippen LogP contribution in [0.3, 0.4) is 0 Å². The number of oxime groups is 1. The van der Waals surface area contributed by atoms with Crippen LogP contribution >= 0.6 is 27.3 Å². The van der Waals surface area contributed by atoms with Gasteiger partial charge in [-0.25, -0.2) is 9.78 Å². The van der Waals surface area contributed by atoms with Gasteiger partial charge < -0.3 is 20.4 Å². The lowest BCUT2D eigenvalue weighted by Gasteiger charge is -2.03. The highest BCUT2D eigenvalue weighted by Gasteiger charge is 2.17. The van der Waals surface area contributed by atoms with Gasteiger partial charge in [0.05, 0.1) is 4.47 Å². The van der Waals surface area contributed by atoms with Crippen molar-refractivity contribution in [2.24, 2.45) is 5.16 Å². The number of rotatable bonds is 7. The predicted molar refractivity (Wildman–Crippen MR) is 86.6 cm³/mol. The van der Waals surface area contributed by atoms with Gasteiger partial charge in [-0.15, -0.1) is 11.3 Å². The van der Waals surface area contributed by atoms with Crippen molar-refractivity contribution in [2.75, 3.05) is 5.32 Å². The zero-order valence-corrected chi connectivity index (χ0v) is 13.8. The van der Waals surface area contributed by atoms with Crippen molar-refractivity contribution in [2.45, 2.75) is 6.61 Å². The molecule has 2 rings (SSSR count). The minimum atomic E-state index is -1.31. The first-order chi connectivity index (χ1) is 11.0. The van der Waals surface area contributed by atoms with Crippen molar-refractivity contribution in [1.29, 1.82) is 0 Å². The molecule has 0 bridgehead atoms. The standard InChI is InChI=1S/C13H10BrN3O5S/c14-8-2-1-7(3-10(8)19)4-22-17-11(12(20)21)9-5-23-13(16-9)15-6-18/h1-3,5-6,19H,4H2,(H,20,21)(H,15,16,18)/b17-11-.